The van der Waals surface area contributed by atoms with Crippen LogP contribution in [0.3, 0.4) is 0 Å². The zero-order valence-electron chi connectivity index (χ0n) is 12.1. The van der Waals surface area contributed by atoms with Crippen LogP contribution >= 0.6 is 11.8 Å². The summed E-state index contributed by atoms with van der Waals surface area (Å²) in [6, 6.07) is 18.8. The van der Waals surface area contributed by atoms with Crippen LogP contribution in [0.2, 0.25) is 0 Å². The molecule has 2 aromatic rings. The van der Waals surface area contributed by atoms with E-state index in [9.17, 15) is 4.79 Å². The third kappa shape index (κ3) is 5.51. The van der Waals surface area contributed by atoms with Crippen LogP contribution in [0.4, 0.5) is 10.5 Å². The standard InChI is InChI=1S/C17H17N3OS/c18-13-14-7-9-15(10-8-14)20-17(21)19-11-4-12-22-16-5-2-1-3-6-16/h1-3,5-10H,4,11-12H2,(H2,19,20,21). The van der Waals surface area contributed by atoms with Crippen LogP contribution in [0.1, 0.15) is 12.0 Å². The molecule has 4 nitrogen and oxygen atoms in total. The normalized spacial score (nSPS) is 9.77. The molecule has 0 unspecified atom stereocenters. The van der Waals surface area contributed by atoms with Gasteiger partial charge in [0.25, 0.3) is 0 Å². The van der Waals surface area contributed by atoms with E-state index >= 15 is 0 Å². The maximum atomic E-state index is 11.7. The average molecular weight is 311 g/mol. The molecule has 0 aliphatic heterocycles. The SMILES string of the molecule is N#Cc1ccc(NC(=O)NCCCSc2ccccc2)cc1. The molecule has 0 bridgehead atoms. The number of nitrogens with one attached hydrogen (secondary N) is 2. The summed E-state index contributed by atoms with van der Waals surface area (Å²) in [5.41, 5.74) is 1.25. The summed E-state index contributed by atoms with van der Waals surface area (Å²) >= 11 is 1.78. The first-order valence-electron chi connectivity index (χ1n) is 7.01. The molecule has 2 amide bonds. The van der Waals surface area contributed by atoms with Crippen LogP contribution in [0, 0.1) is 11.3 Å². The topological polar surface area (TPSA) is 64.9 Å². The largest absolute Gasteiger partial charge is 0.338 e. The molecule has 0 fully saturated rings. The lowest BCUT2D eigenvalue weighted by atomic mass is 10.2. The van der Waals surface area contributed by atoms with E-state index in [4.69, 9.17) is 5.26 Å². The van der Waals surface area contributed by atoms with Gasteiger partial charge in [-0.05, 0) is 48.6 Å². The number of hydrogen-bond acceptors (Lipinski definition) is 3. The molecular weight excluding hydrogens is 294 g/mol. The van der Waals surface area contributed by atoms with E-state index in [0.717, 1.165) is 12.2 Å². The molecule has 0 spiro atoms. The van der Waals surface area contributed by atoms with Crippen molar-refractivity contribution in [1.29, 1.82) is 5.26 Å². The number of nitrogens with zero attached hydrogens (tertiary/aromatic N) is 1. The molecule has 22 heavy (non-hydrogen) atoms. The highest BCUT2D eigenvalue weighted by molar-refractivity contribution is 7.99. The molecule has 0 radical (unpaired) electrons. The fraction of sp³-hybridized carbons (Fsp3) is 0.176. The molecule has 0 aliphatic rings. The van der Waals surface area contributed by atoms with Gasteiger partial charge in [-0.3, -0.25) is 0 Å². The van der Waals surface area contributed by atoms with Crippen molar-refractivity contribution in [3.05, 3.63) is 60.2 Å². The smallest absolute Gasteiger partial charge is 0.319 e. The fourth-order valence-electron chi connectivity index (χ4n) is 1.78. The van der Waals surface area contributed by atoms with Crippen molar-refractivity contribution < 1.29 is 4.79 Å². The van der Waals surface area contributed by atoms with Gasteiger partial charge in [0, 0.05) is 17.1 Å². The van der Waals surface area contributed by atoms with Gasteiger partial charge in [-0.15, -0.1) is 11.8 Å². The molecule has 2 rings (SSSR count). The highest BCUT2D eigenvalue weighted by atomic mass is 32.2. The first-order valence-corrected chi connectivity index (χ1v) is 7.99. The Kier molecular flexibility index (Phi) is 6.34. The Balaban J connectivity index is 1.62. The summed E-state index contributed by atoms with van der Waals surface area (Å²) < 4.78 is 0. The second kappa shape index (κ2) is 8.75. The monoisotopic (exact) mass is 311 g/mol. The molecule has 0 aliphatic carbocycles. The first-order chi connectivity index (χ1) is 10.8. The van der Waals surface area contributed by atoms with Gasteiger partial charge in [0.05, 0.1) is 11.6 Å². The molecule has 5 heteroatoms. The van der Waals surface area contributed by atoms with Gasteiger partial charge in [0.2, 0.25) is 0 Å². The number of benzene rings is 2. The molecule has 0 saturated carbocycles. The molecular formula is C17H17N3OS. The third-order valence-corrected chi connectivity index (χ3v) is 3.99. The Morgan fingerprint density at radius 2 is 1.82 bits per heavy atom. The molecule has 2 N–H and O–H groups in total. The van der Waals surface area contributed by atoms with E-state index in [2.05, 4.69) is 22.8 Å². The quantitative estimate of drug-likeness (QED) is 0.629. The first kappa shape index (κ1) is 15.9. The Hall–Kier alpha value is -2.45. The number of carbonyl (C=O) groups excluding carboxylic acids is 1. The van der Waals surface area contributed by atoms with E-state index < -0.39 is 0 Å². The fourth-order valence-corrected chi connectivity index (χ4v) is 2.66. The predicted octanol–water partition coefficient (Wildman–Crippen LogP) is 3.86. The summed E-state index contributed by atoms with van der Waals surface area (Å²) in [5.74, 6) is 0.959. The van der Waals surface area contributed by atoms with Crippen LogP contribution in [0.5, 0.6) is 0 Å². The summed E-state index contributed by atoms with van der Waals surface area (Å²) in [5, 5.41) is 14.3. The number of thioether (sulfide) groups is 1. The van der Waals surface area contributed by atoms with E-state index in [1.54, 1.807) is 36.0 Å². The molecule has 0 saturated heterocycles. The number of urea groups is 1. The van der Waals surface area contributed by atoms with Gasteiger partial charge in [-0.25, -0.2) is 4.79 Å². The van der Waals surface area contributed by atoms with Crippen molar-refractivity contribution >= 4 is 23.5 Å². The molecule has 2 aromatic carbocycles. The lowest BCUT2D eigenvalue weighted by Gasteiger charge is -2.07. The summed E-state index contributed by atoms with van der Waals surface area (Å²) in [7, 11) is 0. The van der Waals surface area contributed by atoms with Gasteiger partial charge in [-0.2, -0.15) is 5.26 Å². The van der Waals surface area contributed by atoms with Crippen LogP contribution in [-0.4, -0.2) is 18.3 Å². The van der Waals surface area contributed by atoms with E-state index in [-0.39, 0.29) is 6.03 Å². The minimum Gasteiger partial charge on any atom is -0.338 e. The number of nitriles is 1. The highest BCUT2D eigenvalue weighted by Gasteiger charge is 2.01. The molecule has 0 heterocycles. The number of rotatable bonds is 6. The number of hydrogen-bond donors (Lipinski definition) is 2. The van der Waals surface area contributed by atoms with E-state index in [1.807, 2.05) is 24.3 Å². The van der Waals surface area contributed by atoms with Crippen LogP contribution < -0.4 is 10.6 Å². The zero-order valence-corrected chi connectivity index (χ0v) is 12.9. The second-order valence-electron chi connectivity index (χ2n) is 4.59. The van der Waals surface area contributed by atoms with Crippen molar-refractivity contribution in [3.63, 3.8) is 0 Å². The lowest BCUT2D eigenvalue weighted by molar-refractivity contribution is 0.252. The van der Waals surface area contributed by atoms with Gasteiger partial charge in [-0.1, -0.05) is 18.2 Å². The molecule has 112 valence electrons. The Morgan fingerprint density at radius 3 is 2.50 bits per heavy atom. The van der Waals surface area contributed by atoms with Gasteiger partial charge in [0.1, 0.15) is 0 Å². The maximum absolute atomic E-state index is 11.7. The maximum Gasteiger partial charge on any atom is 0.319 e. The van der Waals surface area contributed by atoms with Crippen molar-refractivity contribution in [2.45, 2.75) is 11.3 Å². The van der Waals surface area contributed by atoms with E-state index in [1.165, 1.54) is 4.90 Å². The number of anilines is 1. The number of carbonyl (C=O) groups is 1. The predicted molar refractivity (Wildman–Crippen MR) is 90.0 cm³/mol. The number of amides is 2. The minimum atomic E-state index is -0.227. The lowest BCUT2D eigenvalue weighted by Crippen LogP contribution is -2.29. The molecule has 0 atom stereocenters. The van der Waals surface area contributed by atoms with Crippen LogP contribution in [0.15, 0.2) is 59.5 Å². The summed E-state index contributed by atoms with van der Waals surface area (Å²) in [6.07, 6.45) is 0.903. The van der Waals surface area contributed by atoms with Crippen molar-refractivity contribution in [3.8, 4) is 6.07 Å². The second-order valence-corrected chi connectivity index (χ2v) is 5.75. The zero-order chi connectivity index (χ0) is 15.6. The Labute approximate surface area is 134 Å². The summed E-state index contributed by atoms with van der Waals surface area (Å²) in [4.78, 5) is 12.9. The van der Waals surface area contributed by atoms with Gasteiger partial charge in [0.15, 0.2) is 0 Å². The highest BCUT2D eigenvalue weighted by Crippen LogP contribution is 2.17. The van der Waals surface area contributed by atoms with Gasteiger partial charge >= 0.3 is 6.03 Å². The Bertz CT molecular complexity index is 635. The van der Waals surface area contributed by atoms with Crippen LogP contribution in [-0.2, 0) is 0 Å². The van der Waals surface area contributed by atoms with Crippen molar-refractivity contribution in [2.75, 3.05) is 17.6 Å². The van der Waals surface area contributed by atoms with Crippen molar-refractivity contribution in [1.82, 2.24) is 5.32 Å². The van der Waals surface area contributed by atoms with Crippen LogP contribution in [0.25, 0.3) is 0 Å². The van der Waals surface area contributed by atoms with Crippen molar-refractivity contribution in [2.24, 2.45) is 0 Å². The van der Waals surface area contributed by atoms with E-state index in [0.29, 0.717) is 17.8 Å². The average Bonchev–Trinajstić information content (AvgIpc) is 2.56. The summed E-state index contributed by atoms with van der Waals surface area (Å²) in [6.45, 7) is 0.627. The minimum absolute atomic E-state index is 0.227. The van der Waals surface area contributed by atoms with Gasteiger partial charge < -0.3 is 10.6 Å². The Morgan fingerprint density at radius 1 is 1.09 bits per heavy atom. The molecule has 0 aromatic heterocycles. The third-order valence-electron chi connectivity index (χ3n) is 2.89.